The van der Waals surface area contributed by atoms with Gasteiger partial charge in [0.1, 0.15) is 0 Å². The molecule has 0 bridgehead atoms. The first-order valence-electron chi connectivity index (χ1n) is 7.86. The van der Waals surface area contributed by atoms with Crippen LogP contribution in [0.3, 0.4) is 0 Å². The summed E-state index contributed by atoms with van der Waals surface area (Å²) in [5.41, 5.74) is 1.09. The molecule has 9 heteroatoms. The summed E-state index contributed by atoms with van der Waals surface area (Å²) in [6, 6.07) is 8.30. The van der Waals surface area contributed by atoms with Crippen LogP contribution in [-0.4, -0.2) is 42.6 Å². The number of tetrazole rings is 1. The Morgan fingerprint density at radius 3 is 2.84 bits per heavy atom. The molecule has 0 radical (unpaired) electrons. The summed E-state index contributed by atoms with van der Waals surface area (Å²) in [5.74, 6) is -0.483. The van der Waals surface area contributed by atoms with Crippen LogP contribution < -0.4 is 5.69 Å². The molecule has 0 unspecified atom stereocenters. The molecule has 0 fully saturated rings. The summed E-state index contributed by atoms with van der Waals surface area (Å²) < 4.78 is 8.87. The van der Waals surface area contributed by atoms with Crippen molar-refractivity contribution in [2.24, 2.45) is 0 Å². The molecule has 9 nitrogen and oxygen atoms in total. The van der Waals surface area contributed by atoms with E-state index >= 15 is 0 Å². The lowest BCUT2D eigenvalue weighted by Gasteiger charge is -2.02. The van der Waals surface area contributed by atoms with Crippen LogP contribution in [-0.2, 0) is 17.8 Å². The zero-order valence-corrected chi connectivity index (χ0v) is 14.0. The fourth-order valence-corrected chi connectivity index (χ4v) is 2.41. The number of aryl methyl sites for hydroxylation is 1. The highest BCUT2D eigenvalue weighted by Crippen LogP contribution is 2.09. The topological polar surface area (TPSA) is 96.8 Å². The molecule has 0 aliphatic carbocycles. The Labute approximate surface area is 143 Å². The number of hydrogen-bond acceptors (Lipinski definition) is 6. The fraction of sp³-hybridized carbons (Fsp3) is 0.312. The van der Waals surface area contributed by atoms with Gasteiger partial charge < -0.3 is 4.74 Å². The smallest absolute Gasteiger partial charge is 0.368 e. The van der Waals surface area contributed by atoms with Crippen molar-refractivity contribution in [2.75, 3.05) is 7.11 Å². The molecule has 0 amide bonds. The van der Waals surface area contributed by atoms with E-state index < -0.39 is 11.7 Å². The first kappa shape index (κ1) is 16.6. The Bertz CT molecular complexity index is 939. The minimum Gasteiger partial charge on any atom is -0.465 e. The van der Waals surface area contributed by atoms with E-state index in [0.717, 1.165) is 23.3 Å². The second kappa shape index (κ2) is 7.12. The first-order chi connectivity index (χ1) is 12.1. The van der Waals surface area contributed by atoms with Crippen molar-refractivity contribution in [3.8, 4) is 5.69 Å². The normalized spacial score (nSPS) is 10.8. The van der Waals surface area contributed by atoms with Gasteiger partial charge in [-0.25, -0.2) is 9.59 Å². The van der Waals surface area contributed by atoms with Crippen molar-refractivity contribution < 1.29 is 9.53 Å². The molecule has 0 aliphatic rings. The van der Waals surface area contributed by atoms with E-state index in [4.69, 9.17) is 0 Å². The van der Waals surface area contributed by atoms with Gasteiger partial charge in [0.25, 0.3) is 0 Å². The Morgan fingerprint density at radius 1 is 1.24 bits per heavy atom. The third-order valence-corrected chi connectivity index (χ3v) is 3.61. The number of carbonyl (C=O) groups excluding carboxylic acids is 1. The van der Waals surface area contributed by atoms with Crippen LogP contribution >= 0.6 is 0 Å². The molecule has 0 spiro atoms. The summed E-state index contributed by atoms with van der Waals surface area (Å²) in [7, 11) is 1.30. The molecule has 130 valence electrons. The SMILES string of the molecule is CCCn1ccc(Cn2nnn(-c3cccc(C(=O)OC)c3)c2=O)n1. The molecule has 0 saturated carbocycles. The largest absolute Gasteiger partial charge is 0.465 e. The van der Waals surface area contributed by atoms with Crippen molar-refractivity contribution in [1.82, 2.24) is 29.6 Å². The highest BCUT2D eigenvalue weighted by atomic mass is 16.5. The summed E-state index contributed by atoms with van der Waals surface area (Å²) in [5, 5.41) is 12.2. The lowest BCUT2D eigenvalue weighted by molar-refractivity contribution is 0.0600. The lowest BCUT2D eigenvalue weighted by atomic mass is 10.2. The van der Waals surface area contributed by atoms with Gasteiger partial charge in [0.05, 0.1) is 30.6 Å². The van der Waals surface area contributed by atoms with Gasteiger partial charge in [0.15, 0.2) is 0 Å². The molecule has 3 aromatic rings. The van der Waals surface area contributed by atoms with E-state index in [0.29, 0.717) is 11.3 Å². The quantitative estimate of drug-likeness (QED) is 0.617. The number of aromatic nitrogens is 6. The molecule has 0 saturated heterocycles. The number of benzene rings is 1. The van der Waals surface area contributed by atoms with Gasteiger partial charge >= 0.3 is 11.7 Å². The van der Waals surface area contributed by atoms with Crippen LogP contribution in [0.1, 0.15) is 29.4 Å². The zero-order chi connectivity index (χ0) is 17.8. The Hall–Kier alpha value is -3.23. The zero-order valence-electron chi connectivity index (χ0n) is 14.0. The number of rotatable bonds is 6. The molecule has 2 aromatic heterocycles. The molecule has 0 aliphatic heterocycles. The lowest BCUT2D eigenvalue weighted by Crippen LogP contribution is -2.25. The summed E-state index contributed by atoms with van der Waals surface area (Å²) >= 11 is 0. The molecule has 2 heterocycles. The molecule has 25 heavy (non-hydrogen) atoms. The van der Waals surface area contributed by atoms with Gasteiger partial charge in [-0.1, -0.05) is 13.0 Å². The maximum Gasteiger partial charge on any atom is 0.368 e. The number of methoxy groups -OCH3 is 1. The third kappa shape index (κ3) is 3.49. The van der Waals surface area contributed by atoms with E-state index in [1.165, 1.54) is 17.9 Å². The van der Waals surface area contributed by atoms with Crippen LogP contribution in [0, 0.1) is 0 Å². The Balaban J connectivity index is 1.86. The number of carbonyl (C=O) groups is 1. The van der Waals surface area contributed by atoms with Gasteiger partial charge in [-0.15, -0.1) is 0 Å². The van der Waals surface area contributed by atoms with Gasteiger partial charge in [-0.2, -0.15) is 14.5 Å². The summed E-state index contributed by atoms with van der Waals surface area (Å²) in [6.45, 7) is 3.12. The summed E-state index contributed by atoms with van der Waals surface area (Å²) in [4.78, 5) is 24.1. The molecule has 0 atom stereocenters. The third-order valence-electron chi connectivity index (χ3n) is 3.61. The number of esters is 1. The van der Waals surface area contributed by atoms with Crippen molar-refractivity contribution in [1.29, 1.82) is 0 Å². The first-order valence-corrected chi connectivity index (χ1v) is 7.86. The molecular weight excluding hydrogens is 324 g/mol. The molecule has 1 aromatic carbocycles. The van der Waals surface area contributed by atoms with Crippen molar-refractivity contribution in [3.05, 3.63) is 58.3 Å². The van der Waals surface area contributed by atoms with Crippen LogP contribution in [0.2, 0.25) is 0 Å². The van der Waals surface area contributed by atoms with Gasteiger partial charge in [0, 0.05) is 12.7 Å². The number of nitrogens with zero attached hydrogens (tertiary/aromatic N) is 6. The Morgan fingerprint density at radius 2 is 2.08 bits per heavy atom. The Kier molecular flexibility index (Phi) is 4.73. The van der Waals surface area contributed by atoms with Gasteiger partial charge in [-0.05, 0) is 41.1 Å². The maximum absolute atomic E-state index is 12.5. The molecular formula is C16H18N6O3. The van der Waals surface area contributed by atoms with E-state index in [9.17, 15) is 9.59 Å². The van der Waals surface area contributed by atoms with Crippen molar-refractivity contribution in [2.45, 2.75) is 26.4 Å². The van der Waals surface area contributed by atoms with Gasteiger partial charge in [-0.3, -0.25) is 4.68 Å². The molecule has 0 N–H and O–H groups in total. The van der Waals surface area contributed by atoms with E-state index in [-0.39, 0.29) is 6.54 Å². The maximum atomic E-state index is 12.5. The summed E-state index contributed by atoms with van der Waals surface area (Å²) in [6.07, 6.45) is 2.85. The van der Waals surface area contributed by atoms with Crippen molar-refractivity contribution >= 4 is 5.97 Å². The van der Waals surface area contributed by atoms with Gasteiger partial charge in [0.2, 0.25) is 0 Å². The highest BCUT2D eigenvalue weighted by molar-refractivity contribution is 5.89. The monoisotopic (exact) mass is 342 g/mol. The standard InChI is InChI=1S/C16H18N6O3/c1-3-8-20-9-7-13(17-20)11-21-16(24)22(19-18-21)14-6-4-5-12(10-14)15(23)25-2/h4-7,9-10H,3,8,11H2,1-2H3. The van der Waals surface area contributed by atoms with Crippen molar-refractivity contribution in [3.63, 3.8) is 0 Å². The van der Waals surface area contributed by atoms with Crippen LogP contribution in [0.25, 0.3) is 5.69 Å². The second-order valence-electron chi connectivity index (χ2n) is 5.44. The average Bonchev–Trinajstić information content (AvgIpc) is 3.22. The average molecular weight is 342 g/mol. The van der Waals surface area contributed by atoms with E-state index in [1.54, 1.807) is 18.2 Å². The van der Waals surface area contributed by atoms with E-state index in [2.05, 4.69) is 27.2 Å². The highest BCUT2D eigenvalue weighted by Gasteiger charge is 2.13. The predicted molar refractivity (Wildman–Crippen MR) is 88.6 cm³/mol. The minimum atomic E-state index is -0.483. The number of hydrogen-bond donors (Lipinski definition) is 0. The predicted octanol–water partition coefficient (Wildman–Crippen LogP) is 0.870. The van der Waals surface area contributed by atoms with E-state index in [1.807, 2.05) is 16.9 Å². The van der Waals surface area contributed by atoms with Crippen LogP contribution in [0.5, 0.6) is 0 Å². The minimum absolute atomic E-state index is 0.228. The number of ether oxygens (including phenoxy) is 1. The van der Waals surface area contributed by atoms with Crippen LogP contribution in [0.15, 0.2) is 41.3 Å². The fourth-order valence-electron chi connectivity index (χ4n) is 2.41. The molecule has 3 rings (SSSR count). The van der Waals surface area contributed by atoms with Crippen LogP contribution in [0.4, 0.5) is 0 Å². The second-order valence-corrected chi connectivity index (χ2v) is 5.44.